The first-order chi connectivity index (χ1) is 12.2. The van der Waals surface area contributed by atoms with Gasteiger partial charge in [0, 0.05) is 18.3 Å². The molecule has 1 saturated carbocycles. The van der Waals surface area contributed by atoms with Gasteiger partial charge < -0.3 is 9.47 Å². The summed E-state index contributed by atoms with van der Waals surface area (Å²) in [6.45, 7) is 3.71. The molecule has 0 bridgehead atoms. The zero-order valence-electron chi connectivity index (χ0n) is 15.0. The van der Waals surface area contributed by atoms with Gasteiger partial charge in [0.2, 0.25) is 0 Å². The molecule has 1 unspecified atom stereocenters. The van der Waals surface area contributed by atoms with Crippen molar-refractivity contribution in [3.8, 4) is 0 Å². The molecule has 3 aliphatic rings. The molecule has 0 N–H and O–H groups in total. The molecule has 130 valence electrons. The second-order valence-corrected chi connectivity index (χ2v) is 8.09. The summed E-state index contributed by atoms with van der Waals surface area (Å²) in [6, 6.07) is 18.3. The second kappa shape index (κ2) is 5.69. The zero-order chi connectivity index (χ0) is 16.9. The third-order valence-corrected chi connectivity index (χ3v) is 6.81. The van der Waals surface area contributed by atoms with Crippen molar-refractivity contribution in [1.82, 2.24) is 0 Å². The number of hydrogen-bond acceptors (Lipinski definition) is 2. The van der Waals surface area contributed by atoms with Crippen LogP contribution >= 0.6 is 0 Å². The Morgan fingerprint density at radius 2 is 1.64 bits per heavy atom. The Hall–Kier alpha value is -1.64. The first-order valence-corrected chi connectivity index (χ1v) is 9.64. The smallest absolute Gasteiger partial charge is 0.168 e. The fourth-order valence-corrected chi connectivity index (χ4v) is 5.59. The SMILES string of the molecule is Cc1cccc(C2Cc3ccccc3C23CCC2(CC3)OCCO2)c1. The molecule has 0 amide bonds. The Morgan fingerprint density at radius 1 is 0.880 bits per heavy atom. The fourth-order valence-electron chi connectivity index (χ4n) is 5.59. The van der Waals surface area contributed by atoms with E-state index < -0.39 is 0 Å². The molecule has 1 saturated heterocycles. The lowest BCUT2D eigenvalue weighted by Crippen LogP contribution is -2.43. The summed E-state index contributed by atoms with van der Waals surface area (Å²) in [5.74, 6) is 0.281. The topological polar surface area (TPSA) is 18.5 Å². The minimum Gasteiger partial charge on any atom is -0.348 e. The first kappa shape index (κ1) is 15.6. The van der Waals surface area contributed by atoms with Crippen LogP contribution in [-0.4, -0.2) is 19.0 Å². The van der Waals surface area contributed by atoms with E-state index in [-0.39, 0.29) is 11.2 Å². The fraction of sp³-hybridized carbons (Fsp3) is 0.478. The van der Waals surface area contributed by atoms with Crippen molar-refractivity contribution >= 4 is 0 Å². The number of rotatable bonds is 1. The van der Waals surface area contributed by atoms with Crippen LogP contribution in [0.4, 0.5) is 0 Å². The van der Waals surface area contributed by atoms with Gasteiger partial charge in [0.1, 0.15) is 0 Å². The van der Waals surface area contributed by atoms with Crippen LogP contribution in [0.1, 0.15) is 53.9 Å². The van der Waals surface area contributed by atoms with Crippen molar-refractivity contribution in [3.63, 3.8) is 0 Å². The van der Waals surface area contributed by atoms with Gasteiger partial charge in [-0.05, 0) is 48.8 Å². The van der Waals surface area contributed by atoms with Gasteiger partial charge in [-0.1, -0.05) is 54.1 Å². The third kappa shape index (κ3) is 2.38. The highest BCUT2D eigenvalue weighted by Gasteiger charge is 2.53. The molecule has 2 aromatic rings. The quantitative estimate of drug-likeness (QED) is 0.739. The molecular weight excluding hydrogens is 308 g/mol. The number of ether oxygens (including phenoxy) is 2. The Kier molecular flexibility index (Phi) is 3.55. The molecule has 1 heterocycles. The second-order valence-electron chi connectivity index (χ2n) is 8.09. The van der Waals surface area contributed by atoms with Gasteiger partial charge >= 0.3 is 0 Å². The molecule has 2 nitrogen and oxygen atoms in total. The maximum atomic E-state index is 6.01. The van der Waals surface area contributed by atoms with Crippen LogP contribution in [0.5, 0.6) is 0 Å². The van der Waals surface area contributed by atoms with E-state index in [9.17, 15) is 0 Å². The summed E-state index contributed by atoms with van der Waals surface area (Å²) in [6.07, 6.45) is 5.51. The molecule has 2 fully saturated rings. The van der Waals surface area contributed by atoms with Crippen molar-refractivity contribution in [2.45, 2.75) is 56.1 Å². The van der Waals surface area contributed by atoms with Gasteiger partial charge in [-0.3, -0.25) is 0 Å². The molecule has 2 aromatic carbocycles. The average Bonchev–Trinajstić information content (AvgIpc) is 3.22. The average molecular weight is 334 g/mol. The molecule has 5 rings (SSSR count). The third-order valence-electron chi connectivity index (χ3n) is 6.81. The molecule has 0 radical (unpaired) electrons. The van der Waals surface area contributed by atoms with Crippen molar-refractivity contribution in [3.05, 3.63) is 70.8 Å². The van der Waals surface area contributed by atoms with E-state index in [0.29, 0.717) is 5.92 Å². The highest BCUT2D eigenvalue weighted by molar-refractivity contribution is 5.47. The Morgan fingerprint density at radius 3 is 2.40 bits per heavy atom. The van der Waals surface area contributed by atoms with Crippen LogP contribution in [0.3, 0.4) is 0 Å². The number of hydrogen-bond donors (Lipinski definition) is 0. The van der Waals surface area contributed by atoms with E-state index in [1.807, 2.05) is 0 Å². The van der Waals surface area contributed by atoms with Crippen molar-refractivity contribution in [1.29, 1.82) is 0 Å². The van der Waals surface area contributed by atoms with Gasteiger partial charge in [0.25, 0.3) is 0 Å². The zero-order valence-corrected chi connectivity index (χ0v) is 15.0. The summed E-state index contributed by atoms with van der Waals surface area (Å²) in [4.78, 5) is 0. The predicted octanol–water partition coefficient (Wildman–Crippen LogP) is 4.89. The van der Waals surface area contributed by atoms with Gasteiger partial charge in [-0.2, -0.15) is 0 Å². The minimum absolute atomic E-state index is 0.241. The van der Waals surface area contributed by atoms with Crippen molar-refractivity contribution < 1.29 is 9.47 Å². The first-order valence-electron chi connectivity index (χ1n) is 9.64. The predicted molar refractivity (Wildman–Crippen MR) is 98.8 cm³/mol. The lowest BCUT2D eigenvalue weighted by atomic mass is 9.62. The van der Waals surface area contributed by atoms with E-state index in [1.54, 1.807) is 11.1 Å². The normalized spacial score (nSPS) is 26.2. The van der Waals surface area contributed by atoms with Gasteiger partial charge in [0.05, 0.1) is 13.2 Å². The maximum Gasteiger partial charge on any atom is 0.168 e. The summed E-state index contributed by atoms with van der Waals surface area (Å²) in [5, 5.41) is 0. The van der Waals surface area contributed by atoms with Crippen molar-refractivity contribution in [2.24, 2.45) is 0 Å². The van der Waals surface area contributed by atoms with Crippen LogP contribution in [0.15, 0.2) is 48.5 Å². The number of benzene rings is 2. The molecule has 1 atom stereocenters. The van der Waals surface area contributed by atoms with Crippen molar-refractivity contribution in [2.75, 3.05) is 13.2 Å². The summed E-state index contributed by atoms with van der Waals surface area (Å²) < 4.78 is 12.0. The van der Waals surface area contributed by atoms with E-state index in [2.05, 4.69) is 55.5 Å². The molecule has 2 spiro atoms. The summed E-state index contributed by atoms with van der Waals surface area (Å²) >= 11 is 0. The molecule has 25 heavy (non-hydrogen) atoms. The number of aryl methyl sites for hydroxylation is 1. The van der Waals surface area contributed by atoms with Crippen LogP contribution in [0, 0.1) is 6.92 Å². The maximum absolute atomic E-state index is 6.01. The lowest BCUT2D eigenvalue weighted by Gasteiger charge is -2.45. The highest BCUT2D eigenvalue weighted by atomic mass is 16.7. The summed E-state index contributed by atoms with van der Waals surface area (Å²) in [5.41, 5.74) is 6.22. The van der Waals surface area contributed by atoms with Crippen LogP contribution < -0.4 is 0 Å². The summed E-state index contributed by atoms with van der Waals surface area (Å²) in [7, 11) is 0. The lowest BCUT2D eigenvalue weighted by molar-refractivity contribution is -0.186. The van der Waals surface area contributed by atoms with E-state index >= 15 is 0 Å². The minimum atomic E-state index is -0.292. The highest BCUT2D eigenvalue weighted by Crippen LogP contribution is 2.58. The van der Waals surface area contributed by atoms with Crippen LogP contribution in [0.25, 0.3) is 0 Å². The van der Waals surface area contributed by atoms with Crippen LogP contribution in [0.2, 0.25) is 0 Å². The van der Waals surface area contributed by atoms with Crippen LogP contribution in [-0.2, 0) is 21.3 Å². The Bertz CT molecular complexity index is 778. The Labute approximate surface area is 150 Å². The Balaban J connectivity index is 1.56. The van der Waals surface area contributed by atoms with E-state index in [0.717, 1.165) is 45.3 Å². The molecule has 1 aliphatic heterocycles. The molecular formula is C23H26O2. The van der Waals surface area contributed by atoms with Gasteiger partial charge in [-0.25, -0.2) is 0 Å². The molecule has 2 heteroatoms. The standard InChI is InChI=1S/C23H26O2/c1-17-5-4-7-18(15-17)21-16-19-6-2-3-8-20(19)22(21)9-11-23(12-10-22)24-13-14-25-23/h2-8,15,21H,9-14,16H2,1H3. The molecule has 0 aromatic heterocycles. The van der Waals surface area contributed by atoms with Gasteiger partial charge in [0.15, 0.2) is 5.79 Å². The monoisotopic (exact) mass is 334 g/mol. The van der Waals surface area contributed by atoms with E-state index in [4.69, 9.17) is 9.47 Å². The van der Waals surface area contributed by atoms with E-state index in [1.165, 1.54) is 11.1 Å². The number of fused-ring (bicyclic) bond motifs is 2. The molecule has 2 aliphatic carbocycles. The largest absolute Gasteiger partial charge is 0.348 e. The van der Waals surface area contributed by atoms with Gasteiger partial charge in [-0.15, -0.1) is 0 Å².